The van der Waals surface area contributed by atoms with Crippen molar-refractivity contribution in [1.82, 2.24) is 4.98 Å². The number of hydrogen-bond donors (Lipinski definition) is 1. The van der Waals surface area contributed by atoms with Crippen molar-refractivity contribution in [3.05, 3.63) is 27.8 Å². The minimum atomic E-state index is -0.808. The average molecular weight is 324 g/mol. The second kappa shape index (κ2) is 5.27. The second-order valence-electron chi connectivity index (χ2n) is 5.23. The number of benzene rings is 1. The lowest BCUT2D eigenvalue weighted by Gasteiger charge is -2.11. The van der Waals surface area contributed by atoms with Gasteiger partial charge in [-0.25, -0.2) is 4.98 Å². The van der Waals surface area contributed by atoms with Crippen molar-refractivity contribution in [3.8, 4) is 0 Å². The van der Waals surface area contributed by atoms with Gasteiger partial charge in [-0.15, -0.1) is 23.1 Å². The molecule has 0 spiro atoms. The number of aromatic nitrogens is 1. The van der Waals surface area contributed by atoms with Gasteiger partial charge < -0.3 is 5.11 Å². The number of thioether (sulfide) groups is 1. The molecule has 2 aromatic rings. The number of fused-ring (bicyclic) bond motifs is 1. The van der Waals surface area contributed by atoms with Crippen LogP contribution in [0.1, 0.15) is 19.3 Å². The van der Waals surface area contributed by atoms with E-state index in [4.69, 9.17) is 5.11 Å². The van der Waals surface area contributed by atoms with E-state index in [2.05, 4.69) is 4.98 Å². The number of carboxylic acid groups (broad SMARTS) is 1. The van der Waals surface area contributed by atoms with Gasteiger partial charge in [-0.3, -0.25) is 14.9 Å². The third-order valence-electron chi connectivity index (χ3n) is 3.64. The maximum atomic E-state index is 11.3. The average Bonchev–Trinajstić information content (AvgIpc) is 3.00. The van der Waals surface area contributed by atoms with Gasteiger partial charge in [0.05, 0.1) is 26.5 Å². The number of hydrogen-bond acceptors (Lipinski definition) is 6. The Bertz CT molecular complexity index is 724. The first kappa shape index (κ1) is 14.3. The lowest BCUT2D eigenvalue weighted by Crippen LogP contribution is -2.11. The SMILES string of the molecule is O=C(O)CC1(CSc2ccc3scnc3c2[N+](=O)[O-])CC1. The van der Waals surface area contributed by atoms with Crippen LogP contribution in [-0.2, 0) is 4.79 Å². The predicted octanol–water partition coefficient (Wildman–Crippen LogP) is 3.55. The van der Waals surface area contributed by atoms with Gasteiger partial charge in [0.2, 0.25) is 0 Å². The fourth-order valence-electron chi connectivity index (χ4n) is 2.29. The van der Waals surface area contributed by atoms with Crippen molar-refractivity contribution in [2.24, 2.45) is 5.41 Å². The summed E-state index contributed by atoms with van der Waals surface area (Å²) in [5, 5.41) is 20.2. The Morgan fingerprint density at radius 1 is 1.52 bits per heavy atom. The minimum Gasteiger partial charge on any atom is -0.481 e. The summed E-state index contributed by atoms with van der Waals surface area (Å²) in [4.78, 5) is 26.4. The Labute approximate surface area is 128 Å². The van der Waals surface area contributed by atoms with Crippen LogP contribution in [0.15, 0.2) is 22.5 Å². The quantitative estimate of drug-likeness (QED) is 0.496. The summed E-state index contributed by atoms with van der Waals surface area (Å²) < 4.78 is 0.790. The van der Waals surface area contributed by atoms with E-state index in [0.29, 0.717) is 16.2 Å². The molecule has 0 atom stereocenters. The molecular formula is C13H12N2O4S2. The van der Waals surface area contributed by atoms with Crippen molar-refractivity contribution < 1.29 is 14.8 Å². The zero-order valence-electron chi connectivity index (χ0n) is 10.9. The molecule has 1 fully saturated rings. The molecule has 0 aliphatic heterocycles. The van der Waals surface area contributed by atoms with Crippen LogP contribution in [0.5, 0.6) is 0 Å². The van der Waals surface area contributed by atoms with Crippen LogP contribution in [0.2, 0.25) is 0 Å². The number of aliphatic carboxylic acids is 1. The Hall–Kier alpha value is -1.67. The first-order valence-electron chi connectivity index (χ1n) is 6.36. The topological polar surface area (TPSA) is 93.3 Å². The lowest BCUT2D eigenvalue weighted by atomic mass is 10.1. The monoisotopic (exact) mass is 324 g/mol. The third kappa shape index (κ3) is 2.86. The molecule has 0 saturated heterocycles. The van der Waals surface area contributed by atoms with Gasteiger partial charge in [-0.2, -0.15) is 0 Å². The Morgan fingerprint density at radius 2 is 2.29 bits per heavy atom. The van der Waals surface area contributed by atoms with Crippen LogP contribution in [-0.4, -0.2) is 26.7 Å². The summed E-state index contributed by atoms with van der Waals surface area (Å²) in [6.45, 7) is 0. The largest absolute Gasteiger partial charge is 0.481 e. The summed E-state index contributed by atoms with van der Waals surface area (Å²) in [6.07, 6.45) is 1.88. The number of nitro benzene ring substituents is 1. The van der Waals surface area contributed by atoms with Crippen LogP contribution in [0.25, 0.3) is 10.2 Å². The fourth-order valence-corrected chi connectivity index (χ4v) is 4.30. The van der Waals surface area contributed by atoms with Gasteiger partial charge in [0.25, 0.3) is 0 Å². The second-order valence-corrected chi connectivity index (χ2v) is 7.13. The van der Waals surface area contributed by atoms with Gasteiger partial charge in [-0.05, 0) is 30.4 Å². The van der Waals surface area contributed by atoms with Crippen LogP contribution in [0, 0.1) is 15.5 Å². The summed E-state index contributed by atoms with van der Waals surface area (Å²) >= 11 is 2.73. The number of nitro groups is 1. The van der Waals surface area contributed by atoms with E-state index >= 15 is 0 Å². The Kier molecular flexibility index (Phi) is 3.58. The predicted molar refractivity (Wildman–Crippen MR) is 80.9 cm³/mol. The van der Waals surface area contributed by atoms with E-state index < -0.39 is 10.9 Å². The molecule has 21 heavy (non-hydrogen) atoms. The Morgan fingerprint density at radius 3 is 2.90 bits per heavy atom. The molecule has 1 aromatic carbocycles. The summed E-state index contributed by atoms with van der Waals surface area (Å²) in [5.74, 6) is -0.215. The van der Waals surface area contributed by atoms with E-state index in [9.17, 15) is 14.9 Å². The van der Waals surface area contributed by atoms with Crippen molar-refractivity contribution in [2.45, 2.75) is 24.2 Å². The molecule has 6 nitrogen and oxygen atoms in total. The molecule has 110 valence electrons. The van der Waals surface area contributed by atoms with Crippen molar-refractivity contribution in [1.29, 1.82) is 0 Å². The van der Waals surface area contributed by atoms with Crippen molar-refractivity contribution in [3.63, 3.8) is 0 Å². The smallest absolute Gasteiger partial charge is 0.309 e. The van der Waals surface area contributed by atoms with Crippen LogP contribution >= 0.6 is 23.1 Å². The number of carboxylic acids is 1. The normalized spacial score (nSPS) is 16.0. The molecule has 0 unspecified atom stereocenters. The molecule has 1 aromatic heterocycles. The Balaban J connectivity index is 1.85. The number of nitrogens with zero attached hydrogens (tertiary/aromatic N) is 2. The molecule has 0 bridgehead atoms. The van der Waals surface area contributed by atoms with Gasteiger partial charge in [-0.1, -0.05) is 0 Å². The summed E-state index contributed by atoms with van der Waals surface area (Å²) in [5.41, 5.74) is 1.85. The number of thiazole rings is 1. The van der Waals surface area contributed by atoms with Crippen LogP contribution in [0.4, 0.5) is 5.69 Å². The maximum absolute atomic E-state index is 11.3. The maximum Gasteiger partial charge on any atom is 0.309 e. The van der Waals surface area contributed by atoms with Gasteiger partial charge in [0.15, 0.2) is 5.52 Å². The molecule has 3 rings (SSSR count). The van der Waals surface area contributed by atoms with Crippen molar-refractivity contribution in [2.75, 3.05) is 5.75 Å². The standard InChI is InChI=1S/C13H12N2O4S2/c16-10(17)5-13(3-4-13)6-20-9-2-1-8-11(14-7-21-8)12(9)15(18)19/h1-2,7H,3-6H2,(H,16,17). The molecule has 1 saturated carbocycles. The molecule has 1 aliphatic carbocycles. The molecule has 0 radical (unpaired) electrons. The molecule has 1 aliphatic rings. The van der Waals surface area contributed by atoms with E-state index in [-0.39, 0.29) is 17.5 Å². The van der Waals surface area contributed by atoms with E-state index in [1.165, 1.54) is 23.1 Å². The van der Waals surface area contributed by atoms with Crippen LogP contribution < -0.4 is 0 Å². The summed E-state index contributed by atoms with van der Waals surface area (Å²) in [6, 6.07) is 3.57. The minimum absolute atomic E-state index is 0.0323. The molecule has 8 heteroatoms. The number of carbonyl (C=O) groups is 1. The summed E-state index contributed by atoms with van der Waals surface area (Å²) in [7, 11) is 0. The fraction of sp³-hybridized carbons (Fsp3) is 0.385. The highest BCUT2D eigenvalue weighted by molar-refractivity contribution is 7.99. The van der Waals surface area contributed by atoms with Gasteiger partial charge in [0, 0.05) is 5.75 Å². The third-order valence-corrected chi connectivity index (χ3v) is 5.83. The molecular weight excluding hydrogens is 312 g/mol. The molecule has 1 N–H and O–H groups in total. The molecule has 0 amide bonds. The highest BCUT2D eigenvalue weighted by Crippen LogP contribution is 2.53. The van der Waals surface area contributed by atoms with Crippen molar-refractivity contribution >= 4 is 45.0 Å². The van der Waals surface area contributed by atoms with Gasteiger partial charge >= 0.3 is 11.7 Å². The zero-order valence-corrected chi connectivity index (χ0v) is 12.6. The number of rotatable bonds is 6. The molecule has 1 heterocycles. The van der Waals surface area contributed by atoms with Gasteiger partial charge in [0.1, 0.15) is 0 Å². The van der Waals surface area contributed by atoms with E-state index in [1.807, 2.05) is 6.07 Å². The van der Waals surface area contributed by atoms with E-state index in [0.717, 1.165) is 17.5 Å². The first-order valence-corrected chi connectivity index (χ1v) is 8.22. The van der Waals surface area contributed by atoms with Crippen LogP contribution in [0.3, 0.4) is 0 Å². The lowest BCUT2D eigenvalue weighted by molar-refractivity contribution is -0.386. The zero-order chi connectivity index (χ0) is 15.0. The first-order chi connectivity index (χ1) is 10.0. The van der Waals surface area contributed by atoms with E-state index in [1.54, 1.807) is 11.6 Å². The highest BCUT2D eigenvalue weighted by Gasteiger charge is 2.44. The highest BCUT2D eigenvalue weighted by atomic mass is 32.2.